The van der Waals surface area contributed by atoms with Crippen molar-refractivity contribution in [1.82, 2.24) is 10.2 Å². The highest BCUT2D eigenvalue weighted by Crippen LogP contribution is 2.20. The van der Waals surface area contributed by atoms with Crippen LogP contribution in [0.2, 0.25) is 0 Å². The number of aliphatic hydroxyl groups excluding tert-OH is 1. The summed E-state index contributed by atoms with van der Waals surface area (Å²) in [6, 6.07) is 16.6. The van der Waals surface area contributed by atoms with Gasteiger partial charge < -0.3 is 10.0 Å². The lowest BCUT2D eigenvalue weighted by Gasteiger charge is -2.18. The summed E-state index contributed by atoms with van der Waals surface area (Å²) in [6.45, 7) is 2.35. The SMILES string of the molecule is OCC[NH+](Cc1ccccc1)Cc1cn[nH]c1-c1ccc(F)cc1. The molecule has 0 spiro atoms. The number of benzene rings is 2. The lowest BCUT2D eigenvalue weighted by Crippen LogP contribution is -3.09. The summed E-state index contributed by atoms with van der Waals surface area (Å²) in [7, 11) is 0. The van der Waals surface area contributed by atoms with Gasteiger partial charge in [-0.15, -0.1) is 0 Å². The van der Waals surface area contributed by atoms with Crippen molar-refractivity contribution in [3.8, 4) is 11.3 Å². The minimum Gasteiger partial charge on any atom is -0.391 e. The van der Waals surface area contributed by atoms with Crippen LogP contribution in [0.5, 0.6) is 0 Å². The average molecular weight is 326 g/mol. The average Bonchev–Trinajstić information content (AvgIpc) is 3.05. The third-order valence-corrected chi connectivity index (χ3v) is 4.05. The molecule has 5 heteroatoms. The first-order valence-corrected chi connectivity index (χ1v) is 8.03. The van der Waals surface area contributed by atoms with E-state index in [0.717, 1.165) is 29.9 Å². The maximum atomic E-state index is 13.1. The first-order chi connectivity index (χ1) is 11.8. The Hall–Kier alpha value is -2.50. The summed E-state index contributed by atoms with van der Waals surface area (Å²) in [5.41, 5.74) is 4.10. The zero-order valence-corrected chi connectivity index (χ0v) is 13.4. The molecule has 0 aliphatic heterocycles. The Morgan fingerprint density at radius 2 is 1.75 bits per heavy atom. The summed E-state index contributed by atoms with van der Waals surface area (Å²) < 4.78 is 13.1. The van der Waals surface area contributed by atoms with E-state index in [4.69, 9.17) is 0 Å². The number of aromatic nitrogens is 2. The molecule has 0 amide bonds. The third-order valence-electron chi connectivity index (χ3n) is 4.05. The Kier molecular flexibility index (Phi) is 5.36. The van der Waals surface area contributed by atoms with Gasteiger partial charge in [-0.05, 0) is 24.3 Å². The van der Waals surface area contributed by atoms with E-state index in [1.807, 2.05) is 18.2 Å². The molecule has 3 aromatic rings. The quantitative estimate of drug-likeness (QED) is 0.620. The van der Waals surface area contributed by atoms with E-state index in [-0.39, 0.29) is 12.4 Å². The van der Waals surface area contributed by atoms with E-state index in [2.05, 4.69) is 22.3 Å². The number of quaternary nitrogens is 1. The molecule has 1 heterocycles. The van der Waals surface area contributed by atoms with E-state index in [1.54, 1.807) is 18.3 Å². The number of hydrogen-bond donors (Lipinski definition) is 3. The smallest absolute Gasteiger partial charge is 0.123 e. The van der Waals surface area contributed by atoms with E-state index in [9.17, 15) is 9.50 Å². The van der Waals surface area contributed by atoms with Gasteiger partial charge in [0.2, 0.25) is 0 Å². The van der Waals surface area contributed by atoms with Crippen LogP contribution in [0, 0.1) is 5.82 Å². The Labute approximate surface area is 140 Å². The zero-order chi connectivity index (χ0) is 16.8. The molecule has 0 fully saturated rings. The van der Waals surface area contributed by atoms with Crippen molar-refractivity contribution >= 4 is 0 Å². The number of nitrogens with zero attached hydrogens (tertiary/aromatic N) is 1. The highest BCUT2D eigenvalue weighted by Gasteiger charge is 2.15. The van der Waals surface area contributed by atoms with Crippen molar-refractivity contribution in [2.75, 3.05) is 13.2 Å². The van der Waals surface area contributed by atoms with Crippen LogP contribution in [-0.2, 0) is 13.1 Å². The highest BCUT2D eigenvalue weighted by atomic mass is 19.1. The van der Waals surface area contributed by atoms with Gasteiger partial charge in [0.25, 0.3) is 0 Å². The summed E-state index contributed by atoms with van der Waals surface area (Å²) in [5.74, 6) is -0.253. The number of rotatable bonds is 7. The van der Waals surface area contributed by atoms with Gasteiger partial charge in [0.05, 0.1) is 24.1 Å². The van der Waals surface area contributed by atoms with Crippen LogP contribution in [0.3, 0.4) is 0 Å². The van der Waals surface area contributed by atoms with Crippen molar-refractivity contribution in [3.63, 3.8) is 0 Å². The number of halogens is 1. The van der Waals surface area contributed by atoms with E-state index in [0.29, 0.717) is 6.54 Å². The molecule has 24 heavy (non-hydrogen) atoms. The van der Waals surface area contributed by atoms with Crippen LogP contribution in [0.15, 0.2) is 60.8 Å². The van der Waals surface area contributed by atoms with Crippen LogP contribution < -0.4 is 4.90 Å². The fourth-order valence-corrected chi connectivity index (χ4v) is 2.86. The van der Waals surface area contributed by atoms with Gasteiger partial charge in [-0.2, -0.15) is 5.10 Å². The second-order valence-electron chi connectivity index (χ2n) is 5.84. The van der Waals surface area contributed by atoms with Gasteiger partial charge in [0, 0.05) is 11.1 Å². The summed E-state index contributed by atoms with van der Waals surface area (Å²) in [4.78, 5) is 1.24. The minimum atomic E-state index is -0.253. The molecule has 0 saturated heterocycles. The predicted molar refractivity (Wildman–Crippen MR) is 90.7 cm³/mol. The number of nitrogens with one attached hydrogen (secondary N) is 2. The first-order valence-electron chi connectivity index (χ1n) is 8.03. The van der Waals surface area contributed by atoms with Crippen molar-refractivity contribution in [2.45, 2.75) is 13.1 Å². The van der Waals surface area contributed by atoms with Crippen LogP contribution in [0.25, 0.3) is 11.3 Å². The standard InChI is InChI=1S/C19H20FN3O/c20-18-8-6-16(7-9-18)19-17(12-21-22-19)14-23(10-11-24)13-15-4-2-1-3-5-15/h1-9,12,24H,10-11,13-14H2,(H,21,22)/p+1. The lowest BCUT2D eigenvalue weighted by atomic mass is 10.1. The second kappa shape index (κ2) is 7.86. The van der Waals surface area contributed by atoms with E-state index >= 15 is 0 Å². The highest BCUT2D eigenvalue weighted by molar-refractivity contribution is 5.62. The molecule has 1 atom stereocenters. The number of aliphatic hydroxyl groups is 1. The van der Waals surface area contributed by atoms with Crippen LogP contribution in [0.1, 0.15) is 11.1 Å². The topological polar surface area (TPSA) is 53.4 Å². The maximum absolute atomic E-state index is 13.1. The third kappa shape index (κ3) is 4.07. The molecule has 0 aliphatic rings. The predicted octanol–water partition coefficient (Wildman–Crippen LogP) is 1.79. The zero-order valence-electron chi connectivity index (χ0n) is 13.4. The minimum absolute atomic E-state index is 0.131. The summed E-state index contributed by atoms with van der Waals surface area (Å²) in [6.07, 6.45) is 1.81. The summed E-state index contributed by atoms with van der Waals surface area (Å²) >= 11 is 0. The Morgan fingerprint density at radius 1 is 1.00 bits per heavy atom. The largest absolute Gasteiger partial charge is 0.391 e. The van der Waals surface area contributed by atoms with Gasteiger partial charge in [-0.1, -0.05) is 30.3 Å². The van der Waals surface area contributed by atoms with Crippen LogP contribution in [-0.4, -0.2) is 28.5 Å². The Bertz CT molecular complexity index is 756. The van der Waals surface area contributed by atoms with Gasteiger partial charge in [-0.3, -0.25) is 5.10 Å². The fraction of sp³-hybridized carbons (Fsp3) is 0.211. The van der Waals surface area contributed by atoms with Gasteiger partial charge >= 0.3 is 0 Å². The van der Waals surface area contributed by atoms with Crippen molar-refractivity contribution in [1.29, 1.82) is 0 Å². The Morgan fingerprint density at radius 3 is 2.46 bits per heavy atom. The Balaban J connectivity index is 1.78. The molecule has 1 unspecified atom stereocenters. The molecule has 0 bridgehead atoms. The monoisotopic (exact) mass is 326 g/mol. The number of aromatic amines is 1. The number of hydrogen-bond acceptors (Lipinski definition) is 2. The van der Waals surface area contributed by atoms with Crippen molar-refractivity contribution < 1.29 is 14.4 Å². The van der Waals surface area contributed by atoms with Gasteiger partial charge in [-0.25, -0.2) is 4.39 Å². The van der Waals surface area contributed by atoms with Crippen LogP contribution >= 0.6 is 0 Å². The molecule has 124 valence electrons. The normalized spacial score (nSPS) is 12.2. The maximum Gasteiger partial charge on any atom is 0.123 e. The summed E-state index contributed by atoms with van der Waals surface area (Å²) in [5, 5.41) is 16.5. The number of H-pyrrole nitrogens is 1. The molecule has 4 nitrogen and oxygen atoms in total. The molecule has 0 radical (unpaired) electrons. The van der Waals surface area contributed by atoms with Crippen molar-refractivity contribution in [3.05, 3.63) is 77.7 Å². The first kappa shape index (κ1) is 16.4. The van der Waals surface area contributed by atoms with Crippen LogP contribution in [0.4, 0.5) is 4.39 Å². The molecule has 2 aromatic carbocycles. The fourth-order valence-electron chi connectivity index (χ4n) is 2.86. The molecule has 3 N–H and O–H groups in total. The molecular weight excluding hydrogens is 305 g/mol. The van der Waals surface area contributed by atoms with Gasteiger partial charge in [0.1, 0.15) is 25.5 Å². The molecular formula is C19H21FN3O+. The van der Waals surface area contributed by atoms with E-state index in [1.165, 1.54) is 22.6 Å². The molecule has 1 aromatic heterocycles. The lowest BCUT2D eigenvalue weighted by molar-refractivity contribution is -0.927. The van der Waals surface area contributed by atoms with Gasteiger partial charge in [0.15, 0.2) is 0 Å². The molecule has 0 saturated carbocycles. The molecule has 0 aliphatic carbocycles. The van der Waals surface area contributed by atoms with Crippen molar-refractivity contribution in [2.24, 2.45) is 0 Å². The van der Waals surface area contributed by atoms with E-state index < -0.39 is 0 Å². The second-order valence-corrected chi connectivity index (χ2v) is 5.84. The molecule has 3 rings (SSSR count).